The molecule has 1 aliphatic heterocycles. The van der Waals surface area contributed by atoms with E-state index >= 15 is 0 Å². The predicted molar refractivity (Wildman–Crippen MR) is 82.3 cm³/mol. The standard InChI is InChI=1S/C17H28N2/c1-4-9-17(10-11-18-13-17)14-19(3)12-16-8-6-5-7-15(16)2/h5-8,18H,4,9-14H2,1-3H3. The van der Waals surface area contributed by atoms with Crippen LogP contribution in [0.1, 0.15) is 37.3 Å². The SMILES string of the molecule is CCCC1(CN(C)Cc2ccccc2C)CCNC1. The van der Waals surface area contributed by atoms with E-state index in [0.29, 0.717) is 5.41 Å². The summed E-state index contributed by atoms with van der Waals surface area (Å²) in [5.74, 6) is 0. The summed E-state index contributed by atoms with van der Waals surface area (Å²) in [7, 11) is 2.27. The van der Waals surface area contributed by atoms with E-state index in [9.17, 15) is 0 Å². The molecule has 1 aromatic rings. The fraction of sp³-hybridized carbons (Fsp3) is 0.647. The van der Waals surface area contributed by atoms with Crippen LogP contribution >= 0.6 is 0 Å². The summed E-state index contributed by atoms with van der Waals surface area (Å²) >= 11 is 0. The third-order valence-corrected chi connectivity index (χ3v) is 4.42. The maximum Gasteiger partial charge on any atom is 0.0233 e. The lowest BCUT2D eigenvalue weighted by Gasteiger charge is -2.33. The predicted octanol–water partition coefficient (Wildman–Crippen LogP) is 3.21. The van der Waals surface area contributed by atoms with Gasteiger partial charge >= 0.3 is 0 Å². The highest BCUT2D eigenvalue weighted by Crippen LogP contribution is 2.32. The molecule has 106 valence electrons. The summed E-state index contributed by atoms with van der Waals surface area (Å²) in [4.78, 5) is 2.50. The minimum atomic E-state index is 0.506. The number of rotatable bonds is 6. The van der Waals surface area contributed by atoms with Gasteiger partial charge < -0.3 is 10.2 Å². The quantitative estimate of drug-likeness (QED) is 0.845. The van der Waals surface area contributed by atoms with E-state index in [-0.39, 0.29) is 0 Å². The summed E-state index contributed by atoms with van der Waals surface area (Å²) in [5.41, 5.74) is 3.37. The molecule has 1 aromatic carbocycles. The Hall–Kier alpha value is -0.860. The van der Waals surface area contributed by atoms with Crippen LogP contribution in [0, 0.1) is 12.3 Å². The lowest BCUT2D eigenvalue weighted by molar-refractivity contribution is 0.172. The Kier molecular flexibility index (Phi) is 5.00. The summed E-state index contributed by atoms with van der Waals surface area (Å²) in [5, 5.41) is 3.55. The molecule has 0 spiro atoms. The Balaban J connectivity index is 1.96. The maximum absolute atomic E-state index is 3.55. The highest BCUT2D eigenvalue weighted by molar-refractivity contribution is 5.25. The second kappa shape index (κ2) is 6.53. The molecule has 1 fully saturated rings. The van der Waals surface area contributed by atoms with Gasteiger partial charge in [-0.25, -0.2) is 0 Å². The van der Waals surface area contributed by atoms with Crippen LogP contribution in [-0.4, -0.2) is 31.6 Å². The van der Waals surface area contributed by atoms with Crippen molar-refractivity contribution < 1.29 is 0 Å². The molecule has 0 radical (unpaired) electrons. The lowest BCUT2D eigenvalue weighted by Crippen LogP contribution is -2.37. The smallest absolute Gasteiger partial charge is 0.0233 e. The first kappa shape index (κ1) is 14.5. The summed E-state index contributed by atoms with van der Waals surface area (Å²) in [6.07, 6.45) is 3.97. The van der Waals surface area contributed by atoms with Crippen molar-refractivity contribution in [2.45, 2.75) is 39.7 Å². The van der Waals surface area contributed by atoms with E-state index in [0.717, 1.165) is 6.54 Å². The molecule has 2 heteroatoms. The molecule has 0 bridgehead atoms. The normalized spacial score (nSPS) is 23.2. The number of hydrogen-bond acceptors (Lipinski definition) is 2. The third-order valence-electron chi connectivity index (χ3n) is 4.42. The van der Waals surface area contributed by atoms with Crippen molar-refractivity contribution in [2.75, 3.05) is 26.7 Å². The van der Waals surface area contributed by atoms with Gasteiger partial charge in [-0.1, -0.05) is 37.6 Å². The fourth-order valence-electron chi connectivity index (χ4n) is 3.46. The van der Waals surface area contributed by atoms with E-state index in [2.05, 4.69) is 55.4 Å². The van der Waals surface area contributed by atoms with Gasteiger partial charge in [-0.3, -0.25) is 0 Å². The van der Waals surface area contributed by atoms with Crippen molar-refractivity contribution in [3.05, 3.63) is 35.4 Å². The first-order valence-corrected chi connectivity index (χ1v) is 7.59. The van der Waals surface area contributed by atoms with Crippen LogP contribution in [0.25, 0.3) is 0 Å². The Morgan fingerprint density at radius 2 is 2.11 bits per heavy atom. The Morgan fingerprint density at radius 3 is 2.74 bits per heavy atom. The first-order chi connectivity index (χ1) is 9.15. The van der Waals surface area contributed by atoms with Gasteiger partial charge in [0.2, 0.25) is 0 Å². The molecular formula is C17H28N2. The van der Waals surface area contributed by atoms with Gasteiger partial charge in [0.1, 0.15) is 0 Å². The Morgan fingerprint density at radius 1 is 1.32 bits per heavy atom. The van der Waals surface area contributed by atoms with Crippen molar-refractivity contribution >= 4 is 0 Å². The van der Waals surface area contributed by atoms with Crippen molar-refractivity contribution in [1.82, 2.24) is 10.2 Å². The summed E-state index contributed by atoms with van der Waals surface area (Å²) in [6, 6.07) is 8.74. The molecular weight excluding hydrogens is 232 g/mol. The Bertz CT molecular complexity index is 394. The fourth-order valence-corrected chi connectivity index (χ4v) is 3.46. The zero-order valence-electron chi connectivity index (χ0n) is 12.7. The average Bonchev–Trinajstić information content (AvgIpc) is 2.81. The first-order valence-electron chi connectivity index (χ1n) is 7.59. The lowest BCUT2D eigenvalue weighted by atomic mass is 9.82. The molecule has 1 heterocycles. The van der Waals surface area contributed by atoms with E-state index in [1.807, 2.05) is 0 Å². The van der Waals surface area contributed by atoms with Crippen LogP contribution < -0.4 is 5.32 Å². The molecule has 1 unspecified atom stereocenters. The third kappa shape index (κ3) is 3.80. The molecule has 0 aromatic heterocycles. The van der Waals surface area contributed by atoms with Crippen molar-refractivity contribution in [1.29, 1.82) is 0 Å². The molecule has 1 N–H and O–H groups in total. The van der Waals surface area contributed by atoms with Crippen LogP contribution in [0.4, 0.5) is 0 Å². The van der Waals surface area contributed by atoms with E-state index in [4.69, 9.17) is 0 Å². The monoisotopic (exact) mass is 260 g/mol. The molecule has 0 saturated carbocycles. The highest BCUT2D eigenvalue weighted by Gasteiger charge is 2.33. The number of nitrogens with zero attached hydrogens (tertiary/aromatic N) is 1. The molecule has 19 heavy (non-hydrogen) atoms. The topological polar surface area (TPSA) is 15.3 Å². The van der Waals surface area contributed by atoms with Crippen LogP contribution in [0.3, 0.4) is 0 Å². The van der Waals surface area contributed by atoms with Crippen molar-refractivity contribution in [2.24, 2.45) is 5.41 Å². The van der Waals surface area contributed by atoms with Gasteiger partial charge in [-0.15, -0.1) is 0 Å². The molecule has 2 rings (SSSR count). The van der Waals surface area contributed by atoms with Crippen LogP contribution in [0.2, 0.25) is 0 Å². The average molecular weight is 260 g/mol. The van der Waals surface area contributed by atoms with Gasteiger partial charge in [0.25, 0.3) is 0 Å². The van der Waals surface area contributed by atoms with Gasteiger partial charge in [-0.2, -0.15) is 0 Å². The van der Waals surface area contributed by atoms with Crippen LogP contribution in [0.15, 0.2) is 24.3 Å². The highest BCUT2D eigenvalue weighted by atomic mass is 15.1. The number of benzene rings is 1. The number of hydrogen-bond donors (Lipinski definition) is 1. The van der Waals surface area contributed by atoms with E-state index < -0.39 is 0 Å². The summed E-state index contributed by atoms with van der Waals surface area (Å²) < 4.78 is 0. The Labute approximate surface area is 118 Å². The number of nitrogens with one attached hydrogen (secondary N) is 1. The zero-order chi connectivity index (χ0) is 13.7. The molecule has 0 aliphatic carbocycles. The van der Waals surface area contributed by atoms with Gasteiger partial charge in [0.15, 0.2) is 0 Å². The minimum absolute atomic E-state index is 0.506. The molecule has 1 saturated heterocycles. The largest absolute Gasteiger partial charge is 0.316 e. The van der Waals surface area contributed by atoms with Crippen LogP contribution in [0.5, 0.6) is 0 Å². The van der Waals surface area contributed by atoms with Crippen LogP contribution in [-0.2, 0) is 6.54 Å². The molecule has 1 atom stereocenters. The second-order valence-corrected chi connectivity index (χ2v) is 6.28. The molecule has 2 nitrogen and oxygen atoms in total. The number of aryl methyl sites for hydroxylation is 1. The zero-order valence-corrected chi connectivity index (χ0v) is 12.7. The van der Waals surface area contributed by atoms with Gasteiger partial charge in [0.05, 0.1) is 0 Å². The molecule has 0 amide bonds. The molecule has 1 aliphatic rings. The van der Waals surface area contributed by atoms with E-state index in [1.54, 1.807) is 0 Å². The van der Waals surface area contributed by atoms with Crippen molar-refractivity contribution in [3.63, 3.8) is 0 Å². The van der Waals surface area contributed by atoms with Gasteiger partial charge in [-0.05, 0) is 49.9 Å². The van der Waals surface area contributed by atoms with Gasteiger partial charge in [0, 0.05) is 19.6 Å². The van der Waals surface area contributed by atoms with Crippen molar-refractivity contribution in [3.8, 4) is 0 Å². The minimum Gasteiger partial charge on any atom is -0.316 e. The second-order valence-electron chi connectivity index (χ2n) is 6.28. The van der Waals surface area contributed by atoms with E-state index in [1.165, 1.54) is 50.0 Å². The maximum atomic E-state index is 3.55. The summed E-state index contributed by atoms with van der Waals surface area (Å²) in [6.45, 7) is 9.18.